The van der Waals surface area contributed by atoms with Crippen molar-refractivity contribution in [1.29, 1.82) is 0 Å². The van der Waals surface area contributed by atoms with E-state index in [4.69, 9.17) is 11.6 Å². The van der Waals surface area contributed by atoms with Gasteiger partial charge in [-0.25, -0.2) is 14.4 Å². The van der Waals surface area contributed by atoms with Crippen LogP contribution in [0.5, 0.6) is 0 Å². The number of aromatic nitrogens is 2. The second-order valence-electron chi connectivity index (χ2n) is 6.90. The average Bonchev–Trinajstić information content (AvgIpc) is 2.77. The maximum absolute atomic E-state index is 13.5. The van der Waals surface area contributed by atoms with Crippen LogP contribution in [0.25, 0.3) is 11.4 Å². The molecule has 1 aromatic heterocycles. The molecule has 0 saturated carbocycles. The Kier molecular flexibility index (Phi) is 5.91. The van der Waals surface area contributed by atoms with Crippen molar-refractivity contribution in [3.05, 3.63) is 101 Å². The molecular formula is C24H18ClFN4O. The molecule has 4 aromatic rings. The average molecular weight is 433 g/mol. The highest BCUT2D eigenvalue weighted by Gasteiger charge is 2.09. The molecule has 2 N–H and O–H groups in total. The molecule has 1 amide bonds. The summed E-state index contributed by atoms with van der Waals surface area (Å²) in [7, 11) is 0. The Hall–Kier alpha value is -3.77. The molecule has 0 aliphatic rings. The van der Waals surface area contributed by atoms with E-state index in [-0.39, 0.29) is 11.7 Å². The maximum Gasteiger partial charge on any atom is 0.255 e. The number of carbonyl (C=O) groups excluding carboxylic acids is 1. The van der Waals surface area contributed by atoms with Crippen molar-refractivity contribution >= 4 is 34.7 Å². The third kappa shape index (κ3) is 5.05. The highest BCUT2D eigenvalue weighted by atomic mass is 35.5. The van der Waals surface area contributed by atoms with Gasteiger partial charge in [0.1, 0.15) is 11.6 Å². The molecule has 0 spiro atoms. The third-order valence-electron chi connectivity index (χ3n) is 4.57. The number of aryl methyl sites for hydroxylation is 1. The smallest absolute Gasteiger partial charge is 0.255 e. The topological polar surface area (TPSA) is 66.9 Å². The first-order chi connectivity index (χ1) is 15.0. The molecule has 4 rings (SSSR count). The van der Waals surface area contributed by atoms with Gasteiger partial charge in [0.15, 0.2) is 5.82 Å². The number of nitrogens with zero attached hydrogens (tertiary/aromatic N) is 2. The Morgan fingerprint density at radius 3 is 2.61 bits per heavy atom. The second kappa shape index (κ2) is 8.93. The summed E-state index contributed by atoms with van der Waals surface area (Å²) in [6.07, 6.45) is 1.59. The molecule has 0 radical (unpaired) electrons. The number of halogens is 2. The number of hydrogen-bond acceptors (Lipinski definition) is 4. The van der Waals surface area contributed by atoms with Gasteiger partial charge in [-0.3, -0.25) is 4.79 Å². The summed E-state index contributed by atoms with van der Waals surface area (Å²) in [4.78, 5) is 21.3. The second-order valence-corrected chi connectivity index (χ2v) is 7.31. The van der Waals surface area contributed by atoms with E-state index in [1.807, 2.05) is 19.1 Å². The predicted molar refractivity (Wildman–Crippen MR) is 121 cm³/mol. The van der Waals surface area contributed by atoms with Gasteiger partial charge in [-0.2, -0.15) is 0 Å². The lowest BCUT2D eigenvalue weighted by Gasteiger charge is -2.10. The molecule has 1 heterocycles. The van der Waals surface area contributed by atoms with Crippen LogP contribution in [0, 0.1) is 12.7 Å². The van der Waals surface area contributed by atoms with Gasteiger partial charge >= 0.3 is 0 Å². The van der Waals surface area contributed by atoms with Crippen molar-refractivity contribution in [2.75, 3.05) is 10.6 Å². The lowest BCUT2D eigenvalue weighted by molar-refractivity contribution is 0.102. The summed E-state index contributed by atoms with van der Waals surface area (Å²) in [5.41, 5.74) is 3.29. The van der Waals surface area contributed by atoms with E-state index in [0.717, 1.165) is 5.56 Å². The Morgan fingerprint density at radius 1 is 0.968 bits per heavy atom. The van der Waals surface area contributed by atoms with Crippen LogP contribution in [0.2, 0.25) is 5.02 Å². The van der Waals surface area contributed by atoms with Crippen LogP contribution in [0.1, 0.15) is 15.9 Å². The SMILES string of the molecule is Cc1ccc(NC(=O)c2cccc(Nc3ccnc(-c4cccc(F)c4)n3)c2)cc1Cl. The lowest BCUT2D eigenvalue weighted by Crippen LogP contribution is -2.12. The number of anilines is 3. The fourth-order valence-electron chi connectivity index (χ4n) is 2.95. The van der Waals surface area contributed by atoms with Gasteiger partial charge in [0.25, 0.3) is 5.91 Å². The number of benzene rings is 3. The van der Waals surface area contributed by atoms with Crippen LogP contribution >= 0.6 is 11.6 Å². The van der Waals surface area contributed by atoms with Gasteiger partial charge < -0.3 is 10.6 Å². The molecule has 3 aromatic carbocycles. The van der Waals surface area contributed by atoms with Crippen molar-refractivity contribution in [3.63, 3.8) is 0 Å². The number of carbonyl (C=O) groups is 1. The lowest BCUT2D eigenvalue weighted by atomic mass is 10.1. The first-order valence-corrected chi connectivity index (χ1v) is 9.89. The molecule has 7 heteroatoms. The van der Waals surface area contributed by atoms with Gasteiger partial charge in [-0.1, -0.05) is 35.9 Å². The number of amides is 1. The largest absolute Gasteiger partial charge is 0.340 e. The van der Waals surface area contributed by atoms with Crippen LogP contribution < -0.4 is 10.6 Å². The summed E-state index contributed by atoms with van der Waals surface area (Å²) >= 11 is 6.13. The Morgan fingerprint density at radius 2 is 1.81 bits per heavy atom. The minimum atomic E-state index is -0.354. The van der Waals surface area contributed by atoms with Crippen molar-refractivity contribution < 1.29 is 9.18 Å². The number of rotatable bonds is 5. The fourth-order valence-corrected chi connectivity index (χ4v) is 3.14. The summed E-state index contributed by atoms with van der Waals surface area (Å²) in [5, 5.41) is 6.59. The van der Waals surface area contributed by atoms with Gasteiger partial charge in [0.2, 0.25) is 0 Å². The normalized spacial score (nSPS) is 10.5. The van der Waals surface area contributed by atoms with Crippen LogP contribution in [0.4, 0.5) is 21.6 Å². The summed E-state index contributed by atoms with van der Waals surface area (Å²) in [6.45, 7) is 1.90. The maximum atomic E-state index is 13.5. The van der Waals surface area contributed by atoms with E-state index in [9.17, 15) is 9.18 Å². The van der Waals surface area contributed by atoms with Crippen LogP contribution in [-0.2, 0) is 0 Å². The van der Waals surface area contributed by atoms with E-state index in [0.29, 0.717) is 39.2 Å². The standard InChI is InChI=1S/C24H18ClFN4O/c1-15-8-9-20(14-21(15)25)29-24(31)17-5-3-7-19(13-17)28-22-10-11-27-23(30-22)16-4-2-6-18(26)12-16/h2-14H,1H3,(H,29,31)(H,27,28,30). The van der Waals surface area contributed by atoms with Crippen molar-refractivity contribution in [3.8, 4) is 11.4 Å². The molecular weight excluding hydrogens is 415 g/mol. The van der Waals surface area contributed by atoms with Gasteiger partial charge in [0, 0.05) is 33.7 Å². The zero-order chi connectivity index (χ0) is 21.8. The molecule has 0 bridgehead atoms. The Labute approximate surface area is 184 Å². The summed E-state index contributed by atoms with van der Waals surface area (Å²) in [5.74, 6) is 0.312. The molecule has 0 aliphatic carbocycles. The minimum absolute atomic E-state index is 0.258. The molecule has 0 saturated heterocycles. The van der Waals surface area contributed by atoms with E-state index in [2.05, 4.69) is 20.6 Å². The minimum Gasteiger partial charge on any atom is -0.340 e. The molecule has 0 atom stereocenters. The van der Waals surface area contributed by atoms with Crippen LogP contribution in [0.3, 0.4) is 0 Å². The first-order valence-electron chi connectivity index (χ1n) is 9.51. The van der Waals surface area contributed by atoms with Crippen LogP contribution in [0.15, 0.2) is 79.0 Å². The predicted octanol–water partition coefficient (Wildman–Crippen LogP) is 6.24. The van der Waals surface area contributed by atoms with Crippen molar-refractivity contribution in [1.82, 2.24) is 9.97 Å². The summed E-state index contributed by atoms with van der Waals surface area (Å²) in [6, 6.07) is 20.2. The molecule has 31 heavy (non-hydrogen) atoms. The van der Waals surface area contributed by atoms with Gasteiger partial charge in [-0.15, -0.1) is 0 Å². The zero-order valence-electron chi connectivity index (χ0n) is 16.6. The molecule has 0 fully saturated rings. The van der Waals surface area contributed by atoms with E-state index in [1.54, 1.807) is 54.7 Å². The molecule has 5 nitrogen and oxygen atoms in total. The van der Waals surface area contributed by atoms with Crippen LogP contribution in [-0.4, -0.2) is 15.9 Å². The zero-order valence-corrected chi connectivity index (χ0v) is 17.3. The quantitative estimate of drug-likeness (QED) is 0.391. The highest BCUT2D eigenvalue weighted by molar-refractivity contribution is 6.31. The van der Waals surface area contributed by atoms with Gasteiger partial charge in [0.05, 0.1) is 0 Å². The third-order valence-corrected chi connectivity index (χ3v) is 4.97. The number of nitrogens with one attached hydrogen (secondary N) is 2. The molecule has 0 unspecified atom stereocenters. The van der Waals surface area contributed by atoms with Crippen molar-refractivity contribution in [2.24, 2.45) is 0 Å². The van der Waals surface area contributed by atoms with Crippen molar-refractivity contribution in [2.45, 2.75) is 6.92 Å². The van der Waals surface area contributed by atoms with E-state index >= 15 is 0 Å². The number of hydrogen-bond donors (Lipinski definition) is 2. The fraction of sp³-hybridized carbons (Fsp3) is 0.0417. The first kappa shape index (κ1) is 20.5. The monoisotopic (exact) mass is 432 g/mol. The Balaban J connectivity index is 1.51. The molecule has 154 valence electrons. The van der Waals surface area contributed by atoms with E-state index < -0.39 is 0 Å². The van der Waals surface area contributed by atoms with E-state index in [1.165, 1.54) is 12.1 Å². The summed E-state index contributed by atoms with van der Waals surface area (Å²) < 4.78 is 13.5. The highest BCUT2D eigenvalue weighted by Crippen LogP contribution is 2.23. The Bertz CT molecular complexity index is 1260. The molecule has 0 aliphatic heterocycles. The van der Waals surface area contributed by atoms with Gasteiger partial charge in [-0.05, 0) is 61.0 Å².